The van der Waals surface area contributed by atoms with E-state index in [0.717, 1.165) is 45.0 Å². The Hall–Kier alpha value is -1.30. The molecule has 25 heavy (non-hydrogen) atoms. The van der Waals surface area contributed by atoms with Crippen molar-refractivity contribution in [2.45, 2.75) is 57.6 Å². The molecule has 1 N–H and O–H groups in total. The number of hydrogen-bond donors (Lipinski definition) is 1. The van der Waals surface area contributed by atoms with Crippen LogP contribution in [0.3, 0.4) is 0 Å². The van der Waals surface area contributed by atoms with Crippen LogP contribution in [0.25, 0.3) is 0 Å². The Balaban J connectivity index is 1.41. The number of likely N-dealkylation sites (tertiary alicyclic amines) is 1. The molecule has 2 saturated heterocycles. The maximum absolute atomic E-state index is 11.8. The number of nitrogens with one attached hydrogen (secondary N) is 1. The highest BCUT2D eigenvalue weighted by Crippen LogP contribution is 2.62. The van der Waals surface area contributed by atoms with Crippen LogP contribution < -0.4 is 5.32 Å². The number of esters is 1. The van der Waals surface area contributed by atoms with Gasteiger partial charge in [-0.25, -0.2) is 0 Å². The molecule has 3 unspecified atom stereocenters. The Labute approximate surface area is 150 Å². The molecule has 0 aromatic rings. The lowest BCUT2D eigenvalue weighted by atomic mass is 9.46. The molecule has 3 atom stereocenters. The first-order valence-electron chi connectivity index (χ1n) is 9.95. The van der Waals surface area contributed by atoms with Gasteiger partial charge in [0.15, 0.2) is 5.96 Å². The molecular weight excluding hydrogens is 318 g/mol. The van der Waals surface area contributed by atoms with Gasteiger partial charge in [0.1, 0.15) is 0 Å². The van der Waals surface area contributed by atoms with Crippen molar-refractivity contribution in [2.24, 2.45) is 22.2 Å². The second-order valence-electron chi connectivity index (χ2n) is 8.04. The van der Waals surface area contributed by atoms with Crippen molar-refractivity contribution < 1.29 is 14.3 Å². The summed E-state index contributed by atoms with van der Waals surface area (Å²) in [5.74, 6) is 1.65. The number of carbonyl (C=O) groups excluding carboxylic acids is 1. The monoisotopic (exact) mass is 349 g/mol. The first-order valence-corrected chi connectivity index (χ1v) is 9.95. The van der Waals surface area contributed by atoms with Gasteiger partial charge in [0.2, 0.25) is 0 Å². The lowest BCUT2D eigenvalue weighted by molar-refractivity contribution is -0.171. The Morgan fingerprint density at radius 3 is 2.68 bits per heavy atom. The average Bonchev–Trinajstić information content (AvgIpc) is 3.01. The maximum atomic E-state index is 11.8. The summed E-state index contributed by atoms with van der Waals surface area (Å²) >= 11 is 0. The Bertz CT molecular complexity index is 538. The molecule has 0 aromatic heterocycles. The fourth-order valence-electron chi connectivity index (χ4n) is 5.48. The van der Waals surface area contributed by atoms with Gasteiger partial charge in [0, 0.05) is 43.6 Å². The van der Waals surface area contributed by atoms with Crippen LogP contribution in [0.5, 0.6) is 0 Å². The summed E-state index contributed by atoms with van der Waals surface area (Å²) in [4.78, 5) is 18.9. The van der Waals surface area contributed by atoms with Gasteiger partial charge >= 0.3 is 5.97 Å². The summed E-state index contributed by atoms with van der Waals surface area (Å²) in [7, 11) is 1.48. The van der Waals surface area contributed by atoms with Gasteiger partial charge in [-0.05, 0) is 39.0 Å². The van der Waals surface area contributed by atoms with E-state index < -0.39 is 0 Å². The number of ether oxygens (including phenoxy) is 2. The Morgan fingerprint density at radius 2 is 2.08 bits per heavy atom. The smallest absolute Gasteiger partial charge is 0.308 e. The molecule has 140 valence electrons. The topological polar surface area (TPSA) is 63.2 Å². The van der Waals surface area contributed by atoms with Crippen molar-refractivity contribution in [1.29, 1.82) is 0 Å². The van der Waals surface area contributed by atoms with Crippen molar-refractivity contribution in [1.82, 2.24) is 10.2 Å². The SMILES string of the molecule is CCN=C(NC1C2CCOC2C12CCC2)N1CCC(C(=O)OC)CC1. The van der Waals surface area contributed by atoms with Crippen LogP contribution in [-0.4, -0.2) is 62.3 Å². The summed E-state index contributed by atoms with van der Waals surface area (Å²) in [5.41, 5.74) is 0.361. The van der Waals surface area contributed by atoms with Crippen LogP contribution in [0.2, 0.25) is 0 Å². The molecule has 0 amide bonds. The fraction of sp³-hybridized carbons (Fsp3) is 0.895. The zero-order valence-corrected chi connectivity index (χ0v) is 15.5. The van der Waals surface area contributed by atoms with Crippen molar-refractivity contribution in [3.8, 4) is 0 Å². The zero-order valence-electron chi connectivity index (χ0n) is 15.5. The van der Waals surface area contributed by atoms with Gasteiger partial charge in [-0.15, -0.1) is 0 Å². The van der Waals surface area contributed by atoms with Crippen LogP contribution in [-0.2, 0) is 14.3 Å². The number of methoxy groups -OCH3 is 1. The summed E-state index contributed by atoms with van der Waals surface area (Å²) in [6.07, 6.45) is 7.26. The molecule has 4 fully saturated rings. The van der Waals surface area contributed by atoms with Crippen molar-refractivity contribution in [3.05, 3.63) is 0 Å². The second-order valence-corrected chi connectivity index (χ2v) is 8.04. The van der Waals surface area contributed by atoms with E-state index in [1.54, 1.807) is 0 Å². The Kier molecular flexibility index (Phi) is 4.65. The quantitative estimate of drug-likeness (QED) is 0.478. The van der Waals surface area contributed by atoms with Gasteiger partial charge in [-0.2, -0.15) is 0 Å². The normalized spacial score (nSPS) is 34.2. The number of aliphatic imine (C=N–C) groups is 1. The highest BCUT2D eigenvalue weighted by atomic mass is 16.5. The number of hydrogen-bond acceptors (Lipinski definition) is 4. The predicted molar refractivity (Wildman–Crippen MR) is 95.3 cm³/mol. The number of rotatable bonds is 3. The van der Waals surface area contributed by atoms with Crippen LogP contribution in [0.15, 0.2) is 4.99 Å². The highest BCUT2D eigenvalue weighted by Gasteiger charge is 2.66. The van der Waals surface area contributed by atoms with Crippen molar-refractivity contribution in [2.75, 3.05) is 33.4 Å². The van der Waals surface area contributed by atoms with E-state index in [2.05, 4.69) is 17.1 Å². The van der Waals surface area contributed by atoms with Crippen LogP contribution in [0, 0.1) is 17.3 Å². The lowest BCUT2D eigenvalue weighted by Crippen LogP contribution is -2.72. The van der Waals surface area contributed by atoms with E-state index in [9.17, 15) is 4.79 Å². The number of nitrogens with zero attached hydrogens (tertiary/aromatic N) is 2. The molecular formula is C19H31N3O3. The first kappa shape index (κ1) is 17.1. The van der Waals surface area contributed by atoms with E-state index in [-0.39, 0.29) is 11.9 Å². The highest BCUT2D eigenvalue weighted by molar-refractivity contribution is 5.81. The summed E-state index contributed by atoms with van der Waals surface area (Å²) in [6.45, 7) is 5.53. The molecule has 1 spiro atoms. The third kappa shape index (κ3) is 2.73. The molecule has 6 heteroatoms. The number of piperidine rings is 1. The maximum Gasteiger partial charge on any atom is 0.308 e. The largest absolute Gasteiger partial charge is 0.469 e. The van der Waals surface area contributed by atoms with Gasteiger partial charge in [-0.3, -0.25) is 9.79 Å². The molecule has 2 aliphatic carbocycles. The van der Waals surface area contributed by atoms with Gasteiger partial charge in [0.05, 0.1) is 19.1 Å². The Morgan fingerprint density at radius 1 is 1.32 bits per heavy atom. The van der Waals surface area contributed by atoms with Gasteiger partial charge in [-0.1, -0.05) is 6.42 Å². The minimum Gasteiger partial charge on any atom is -0.469 e. The lowest BCUT2D eigenvalue weighted by Gasteiger charge is -2.63. The first-order chi connectivity index (χ1) is 12.2. The van der Waals surface area contributed by atoms with Crippen LogP contribution in [0.1, 0.15) is 45.4 Å². The van der Waals surface area contributed by atoms with Gasteiger partial charge in [0.25, 0.3) is 0 Å². The van der Waals surface area contributed by atoms with Crippen molar-refractivity contribution >= 4 is 11.9 Å². The van der Waals surface area contributed by atoms with Crippen molar-refractivity contribution in [3.63, 3.8) is 0 Å². The molecule has 2 heterocycles. The van der Waals surface area contributed by atoms with E-state index in [1.165, 1.54) is 32.8 Å². The summed E-state index contributed by atoms with van der Waals surface area (Å²) < 4.78 is 10.9. The molecule has 0 bridgehead atoms. The molecule has 4 aliphatic rings. The number of carbonyl (C=O) groups is 1. The third-order valence-electron chi connectivity index (χ3n) is 6.96. The van der Waals surface area contributed by atoms with E-state index in [0.29, 0.717) is 23.5 Å². The standard InChI is InChI=1S/C19H31N3O3/c1-3-20-18(22-10-5-13(6-11-22)17(23)24-2)21-15-14-7-12-25-16(14)19(15)8-4-9-19/h13-16H,3-12H2,1-2H3,(H,20,21). The molecule has 0 aromatic carbocycles. The number of guanidine groups is 1. The summed E-state index contributed by atoms with van der Waals surface area (Å²) in [6, 6.07) is 0.511. The van der Waals surface area contributed by atoms with E-state index in [4.69, 9.17) is 14.5 Å². The van der Waals surface area contributed by atoms with Crippen LogP contribution in [0.4, 0.5) is 0 Å². The predicted octanol–water partition coefficient (Wildman–Crippen LogP) is 1.79. The van der Waals surface area contributed by atoms with E-state index in [1.807, 2.05) is 0 Å². The number of fused-ring (bicyclic) bond motifs is 2. The second kappa shape index (κ2) is 6.78. The average molecular weight is 349 g/mol. The summed E-state index contributed by atoms with van der Waals surface area (Å²) in [5, 5.41) is 3.83. The minimum absolute atomic E-state index is 0.0402. The van der Waals surface area contributed by atoms with Crippen LogP contribution >= 0.6 is 0 Å². The van der Waals surface area contributed by atoms with E-state index >= 15 is 0 Å². The molecule has 2 aliphatic heterocycles. The molecule has 0 radical (unpaired) electrons. The molecule has 6 nitrogen and oxygen atoms in total. The zero-order chi connectivity index (χ0) is 17.4. The third-order valence-corrected chi connectivity index (χ3v) is 6.96. The molecule has 4 rings (SSSR count). The van der Waals surface area contributed by atoms with Gasteiger partial charge < -0.3 is 19.7 Å². The fourth-order valence-corrected chi connectivity index (χ4v) is 5.48. The minimum atomic E-state index is -0.0695. The molecule has 2 saturated carbocycles.